The molecule has 0 aliphatic heterocycles. The van der Waals surface area contributed by atoms with Crippen molar-refractivity contribution >= 4 is 43.5 Å². The number of aromatic nitrogens is 2. The summed E-state index contributed by atoms with van der Waals surface area (Å²) in [6.45, 7) is 1.85. The largest absolute Gasteiger partial charge is 0.381 e. The van der Waals surface area contributed by atoms with Gasteiger partial charge in [0.15, 0.2) is 15.8 Å². The first-order chi connectivity index (χ1) is 9.93. The van der Waals surface area contributed by atoms with Crippen LogP contribution in [0.3, 0.4) is 0 Å². The molecule has 0 aliphatic rings. The fraction of sp³-hybridized carbons (Fsp3) is 0.250. The van der Waals surface area contributed by atoms with Crippen molar-refractivity contribution in [3.63, 3.8) is 0 Å². The lowest BCUT2D eigenvalue weighted by Crippen LogP contribution is -2.30. The number of hydrogen-bond acceptors (Lipinski definition) is 6. The molecule has 9 heteroatoms. The minimum atomic E-state index is -3.73. The Balaban J connectivity index is 2.08. The maximum absolute atomic E-state index is 12.9. The third-order valence-corrected chi connectivity index (χ3v) is 7.14. The first-order valence-corrected chi connectivity index (χ1v) is 9.35. The number of nitrogens with two attached hydrogens (primary N) is 1. The monoisotopic (exact) mass is 342 g/mol. The van der Waals surface area contributed by atoms with Crippen molar-refractivity contribution in [2.24, 2.45) is 0 Å². The van der Waals surface area contributed by atoms with Gasteiger partial charge in [-0.25, -0.2) is 13.4 Å². The fourth-order valence-corrected chi connectivity index (χ4v) is 5.27. The van der Waals surface area contributed by atoms with Gasteiger partial charge in [0.25, 0.3) is 10.0 Å². The fourth-order valence-electron chi connectivity index (χ4n) is 2.09. The molecule has 0 amide bonds. The first kappa shape index (κ1) is 14.5. The minimum Gasteiger partial charge on any atom is -0.381 e. The minimum absolute atomic E-state index is 0.0321. The molecule has 0 saturated heterocycles. The normalized spacial score (nSPS) is 14.0. The van der Waals surface area contributed by atoms with Gasteiger partial charge in [-0.1, -0.05) is 6.07 Å². The van der Waals surface area contributed by atoms with E-state index >= 15 is 0 Å². The predicted molar refractivity (Wildman–Crippen MR) is 85.2 cm³/mol. The number of anilines is 1. The molecule has 3 aromatic rings. The summed E-state index contributed by atoms with van der Waals surface area (Å²) in [5.41, 5.74) is 5.81. The second-order valence-corrected chi connectivity index (χ2v) is 8.34. The van der Waals surface area contributed by atoms with Crippen molar-refractivity contribution in [1.29, 1.82) is 0 Å². The van der Waals surface area contributed by atoms with Gasteiger partial charge in [0.1, 0.15) is 0 Å². The molecular formula is C12H14N4O2S3. The molecular weight excluding hydrogens is 328 g/mol. The Kier molecular flexibility index (Phi) is 3.52. The zero-order chi connectivity index (χ0) is 15.2. The number of imidazole rings is 1. The lowest BCUT2D eigenvalue weighted by molar-refractivity contribution is 0.401. The van der Waals surface area contributed by atoms with Crippen molar-refractivity contribution in [3.8, 4) is 0 Å². The molecule has 0 saturated carbocycles. The molecule has 3 rings (SSSR count). The molecule has 1 unspecified atom stereocenters. The highest BCUT2D eigenvalue weighted by Gasteiger charge is 2.32. The molecule has 0 fully saturated rings. The summed E-state index contributed by atoms with van der Waals surface area (Å²) in [4.78, 5) is 5.65. The number of sulfonamides is 1. The number of thiazole rings is 1. The van der Waals surface area contributed by atoms with E-state index in [9.17, 15) is 8.42 Å². The first-order valence-electron chi connectivity index (χ1n) is 6.15. The quantitative estimate of drug-likeness (QED) is 0.789. The standard InChI is InChI=1S/C12H14N4O2S3/c1-8(9-4-3-6-19-9)15(2)21(17,18)11-10(13)14-12-16(11)5-7-20-12/h3-8H,13H2,1-2H3. The van der Waals surface area contributed by atoms with Gasteiger partial charge in [-0.2, -0.15) is 4.31 Å². The van der Waals surface area contributed by atoms with E-state index in [0.717, 1.165) is 4.88 Å². The Bertz CT molecular complexity index is 864. The van der Waals surface area contributed by atoms with Crippen LogP contribution in [0.25, 0.3) is 4.96 Å². The van der Waals surface area contributed by atoms with E-state index in [1.165, 1.54) is 31.4 Å². The van der Waals surface area contributed by atoms with Crippen molar-refractivity contribution in [1.82, 2.24) is 13.7 Å². The summed E-state index contributed by atoms with van der Waals surface area (Å²) < 4.78 is 28.6. The highest BCUT2D eigenvalue weighted by Crippen LogP contribution is 2.31. The van der Waals surface area contributed by atoms with Crippen LogP contribution in [-0.2, 0) is 10.0 Å². The Hall–Kier alpha value is -1.42. The third kappa shape index (κ3) is 2.26. The number of nitrogen functional groups attached to an aromatic ring is 1. The van der Waals surface area contributed by atoms with Gasteiger partial charge >= 0.3 is 0 Å². The topological polar surface area (TPSA) is 80.7 Å². The maximum atomic E-state index is 12.9. The maximum Gasteiger partial charge on any atom is 0.263 e. The molecule has 0 spiro atoms. The van der Waals surface area contributed by atoms with Crippen LogP contribution in [0.4, 0.5) is 5.82 Å². The smallest absolute Gasteiger partial charge is 0.263 e. The van der Waals surface area contributed by atoms with Gasteiger partial charge in [-0.05, 0) is 18.4 Å². The molecule has 6 nitrogen and oxygen atoms in total. The van der Waals surface area contributed by atoms with Crippen molar-refractivity contribution in [2.45, 2.75) is 18.0 Å². The Morgan fingerprint density at radius 1 is 1.38 bits per heavy atom. The molecule has 112 valence electrons. The highest BCUT2D eigenvalue weighted by atomic mass is 32.2. The van der Waals surface area contributed by atoms with Gasteiger partial charge < -0.3 is 5.73 Å². The summed E-state index contributed by atoms with van der Waals surface area (Å²) >= 11 is 2.87. The predicted octanol–water partition coefficient (Wildman–Crippen LogP) is 2.42. The number of hydrogen-bond donors (Lipinski definition) is 1. The summed E-state index contributed by atoms with van der Waals surface area (Å²) in [7, 11) is -2.17. The van der Waals surface area contributed by atoms with E-state index in [2.05, 4.69) is 4.98 Å². The molecule has 0 aromatic carbocycles. The molecule has 0 aliphatic carbocycles. The van der Waals surface area contributed by atoms with Crippen molar-refractivity contribution in [3.05, 3.63) is 34.0 Å². The zero-order valence-electron chi connectivity index (χ0n) is 11.4. The van der Waals surface area contributed by atoms with Crippen LogP contribution in [0, 0.1) is 0 Å². The highest BCUT2D eigenvalue weighted by molar-refractivity contribution is 7.89. The SMILES string of the molecule is CC(c1cccs1)N(C)S(=O)(=O)c1c(N)nc2sccn12. The second kappa shape index (κ2) is 5.09. The van der Waals surface area contributed by atoms with Gasteiger partial charge in [0, 0.05) is 23.5 Å². The molecule has 3 heterocycles. The van der Waals surface area contributed by atoms with E-state index in [4.69, 9.17) is 5.73 Å². The van der Waals surface area contributed by atoms with Crippen molar-refractivity contribution in [2.75, 3.05) is 12.8 Å². The summed E-state index contributed by atoms with van der Waals surface area (Å²) in [5, 5.41) is 3.74. The van der Waals surface area contributed by atoms with E-state index in [0.29, 0.717) is 4.96 Å². The zero-order valence-corrected chi connectivity index (χ0v) is 13.9. The van der Waals surface area contributed by atoms with Crippen LogP contribution in [0.15, 0.2) is 34.1 Å². The van der Waals surface area contributed by atoms with Crippen LogP contribution in [0.1, 0.15) is 17.8 Å². The molecule has 1 atom stereocenters. The number of thiophene rings is 1. The van der Waals surface area contributed by atoms with Crippen LogP contribution in [0.2, 0.25) is 0 Å². The number of rotatable bonds is 4. The Morgan fingerprint density at radius 3 is 2.81 bits per heavy atom. The molecule has 2 N–H and O–H groups in total. The van der Waals surface area contributed by atoms with E-state index in [-0.39, 0.29) is 16.9 Å². The Labute approximate surface area is 130 Å². The number of nitrogens with zero attached hydrogens (tertiary/aromatic N) is 3. The average molecular weight is 342 g/mol. The van der Waals surface area contributed by atoms with E-state index < -0.39 is 10.0 Å². The molecule has 21 heavy (non-hydrogen) atoms. The van der Waals surface area contributed by atoms with E-state index in [1.807, 2.05) is 24.4 Å². The lowest BCUT2D eigenvalue weighted by atomic mass is 10.3. The van der Waals surface area contributed by atoms with Crippen LogP contribution in [0.5, 0.6) is 0 Å². The van der Waals surface area contributed by atoms with E-state index in [1.54, 1.807) is 18.6 Å². The molecule has 3 aromatic heterocycles. The Morgan fingerprint density at radius 2 is 2.14 bits per heavy atom. The molecule has 0 bridgehead atoms. The van der Waals surface area contributed by atoms with Gasteiger partial charge in [0.2, 0.25) is 0 Å². The van der Waals surface area contributed by atoms with Crippen LogP contribution in [-0.4, -0.2) is 29.2 Å². The van der Waals surface area contributed by atoms with Crippen LogP contribution < -0.4 is 5.73 Å². The second-order valence-electron chi connectivity index (χ2n) is 4.57. The third-order valence-electron chi connectivity index (χ3n) is 3.37. The van der Waals surface area contributed by atoms with Gasteiger partial charge in [0.05, 0.1) is 6.04 Å². The van der Waals surface area contributed by atoms with Crippen LogP contribution >= 0.6 is 22.7 Å². The lowest BCUT2D eigenvalue weighted by Gasteiger charge is -2.23. The summed E-state index contributed by atoms with van der Waals surface area (Å²) in [6, 6.07) is 3.56. The summed E-state index contributed by atoms with van der Waals surface area (Å²) in [6.07, 6.45) is 1.67. The number of fused-ring (bicyclic) bond motifs is 1. The molecule has 0 radical (unpaired) electrons. The van der Waals surface area contributed by atoms with Crippen molar-refractivity contribution < 1.29 is 8.42 Å². The average Bonchev–Trinajstić information content (AvgIpc) is 3.11. The van der Waals surface area contributed by atoms with Gasteiger partial charge in [-0.15, -0.1) is 22.7 Å². The summed E-state index contributed by atoms with van der Waals surface area (Å²) in [5.74, 6) is 0.0343. The van der Waals surface area contributed by atoms with Gasteiger partial charge in [-0.3, -0.25) is 4.40 Å².